The number of nitrogens with one attached hydrogen (secondary N) is 2. The van der Waals surface area contributed by atoms with Crippen LogP contribution < -0.4 is 15.4 Å². The van der Waals surface area contributed by atoms with Gasteiger partial charge in [-0.3, -0.25) is 4.98 Å². The molecule has 0 bridgehead atoms. The lowest BCUT2D eigenvalue weighted by molar-refractivity contribution is 0.0818. The molecule has 0 spiro atoms. The van der Waals surface area contributed by atoms with Crippen LogP contribution >= 0.6 is 0 Å². The predicted octanol–water partition coefficient (Wildman–Crippen LogP) is 2.98. The predicted molar refractivity (Wildman–Crippen MR) is 93.8 cm³/mol. The van der Waals surface area contributed by atoms with E-state index in [1.807, 2.05) is 31.2 Å². The molecule has 25 heavy (non-hydrogen) atoms. The number of guanidine groups is 1. The summed E-state index contributed by atoms with van der Waals surface area (Å²) in [6, 6.07) is 12.7. The summed E-state index contributed by atoms with van der Waals surface area (Å²) in [6.45, 7) is 3.07. The third-order valence-electron chi connectivity index (χ3n) is 3.20. The van der Waals surface area contributed by atoms with Gasteiger partial charge in [-0.25, -0.2) is 13.8 Å². The Labute approximate surface area is 146 Å². The van der Waals surface area contributed by atoms with Crippen molar-refractivity contribution in [1.82, 2.24) is 15.6 Å². The molecule has 0 saturated heterocycles. The van der Waals surface area contributed by atoms with Crippen LogP contribution in [0.25, 0.3) is 0 Å². The molecule has 2 N–H and O–H groups in total. The van der Waals surface area contributed by atoms with Crippen LogP contribution in [0.15, 0.2) is 53.7 Å². The van der Waals surface area contributed by atoms with E-state index < -0.39 is 13.0 Å². The van der Waals surface area contributed by atoms with Gasteiger partial charge in [0.1, 0.15) is 12.4 Å². The Morgan fingerprint density at radius 2 is 2.08 bits per heavy atom. The van der Waals surface area contributed by atoms with Crippen molar-refractivity contribution in [2.45, 2.75) is 26.4 Å². The summed E-state index contributed by atoms with van der Waals surface area (Å²) in [6.07, 6.45) is -0.746. The van der Waals surface area contributed by atoms with Crippen molar-refractivity contribution >= 4 is 5.96 Å². The summed E-state index contributed by atoms with van der Waals surface area (Å²) in [5.41, 5.74) is 1.79. The highest BCUT2D eigenvalue weighted by atomic mass is 19.3. The van der Waals surface area contributed by atoms with Crippen LogP contribution in [0.1, 0.15) is 18.2 Å². The van der Waals surface area contributed by atoms with Crippen LogP contribution in [0.2, 0.25) is 0 Å². The molecule has 0 atom stereocenters. The van der Waals surface area contributed by atoms with Gasteiger partial charge in [0.05, 0.1) is 18.8 Å². The summed E-state index contributed by atoms with van der Waals surface area (Å²) in [5.74, 6) is 1.08. The average Bonchev–Trinajstić information content (AvgIpc) is 2.63. The Balaban J connectivity index is 1.94. The number of halogens is 2. The molecule has 2 aromatic rings. The Bertz CT molecular complexity index is 665. The number of nitrogens with zero attached hydrogens (tertiary/aromatic N) is 2. The molecular weight excluding hydrogens is 326 g/mol. The summed E-state index contributed by atoms with van der Waals surface area (Å²) in [7, 11) is 0. The first-order valence-corrected chi connectivity index (χ1v) is 8.09. The molecule has 134 valence electrons. The first-order chi connectivity index (χ1) is 12.2. The van der Waals surface area contributed by atoms with Crippen molar-refractivity contribution in [2.75, 3.05) is 13.2 Å². The molecule has 0 aliphatic rings. The lowest BCUT2D eigenvalue weighted by Crippen LogP contribution is -2.37. The summed E-state index contributed by atoms with van der Waals surface area (Å²) >= 11 is 0. The summed E-state index contributed by atoms with van der Waals surface area (Å²) in [5, 5.41) is 6.37. The lowest BCUT2D eigenvalue weighted by Gasteiger charge is -2.11. The Kier molecular flexibility index (Phi) is 7.62. The molecule has 0 amide bonds. The molecular formula is C18H22F2N4O. The van der Waals surface area contributed by atoms with Gasteiger partial charge in [-0.15, -0.1) is 0 Å². The zero-order valence-electron chi connectivity index (χ0n) is 14.1. The number of pyridine rings is 1. The smallest absolute Gasteiger partial charge is 0.272 e. The molecule has 1 heterocycles. The van der Waals surface area contributed by atoms with Crippen molar-refractivity contribution in [3.05, 3.63) is 59.9 Å². The van der Waals surface area contributed by atoms with E-state index in [9.17, 15) is 8.78 Å². The van der Waals surface area contributed by atoms with Crippen molar-refractivity contribution in [3.63, 3.8) is 0 Å². The number of aliphatic imine (C=N–C) groups is 1. The molecule has 0 unspecified atom stereocenters. The van der Waals surface area contributed by atoms with E-state index in [1.54, 1.807) is 24.4 Å². The van der Waals surface area contributed by atoms with E-state index in [4.69, 9.17) is 4.74 Å². The Hall–Kier alpha value is -2.70. The minimum absolute atomic E-state index is 0.406. The van der Waals surface area contributed by atoms with Crippen molar-refractivity contribution in [2.24, 2.45) is 4.99 Å². The molecule has 0 fully saturated rings. The van der Waals surface area contributed by atoms with Crippen molar-refractivity contribution in [1.29, 1.82) is 0 Å². The van der Waals surface area contributed by atoms with E-state index in [1.165, 1.54) is 0 Å². The number of hydrogen-bond donors (Lipinski definition) is 2. The molecule has 0 radical (unpaired) electrons. The molecule has 0 saturated carbocycles. The lowest BCUT2D eigenvalue weighted by atomic mass is 10.2. The van der Waals surface area contributed by atoms with E-state index in [0.29, 0.717) is 24.8 Å². The zero-order chi connectivity index (χ0) is 17.9. The van der Waals surface area contributed by atoms with Crippen LogP contribution in [0.5, 0.6) is 5.75 Å². The van der Waals surface area contributed by atoms with Crippen molar-refractivity contribution in [3.8, 4) is 5.75 Å². The van der Waals surface area contributed by atoms with E-state index in [2.05, 4.69) is 20.6 Å². The molecule has 1 aromatic heterocycles. The molecule has 0 aliphatic carbocycles. The normalized spacial score (nSPS) is 11.4. The Morgan fingerprint density at radius 1 is 1.20 bits per heavy atom. The van der Waals surface area contributed by atoms with Crippen LogP contribution in [0, 0.1) is 0 Å². The van der Waals surface area contributed by atoms with E-state index in [-0.39, 0.29) is 0 Å². The number of ether oxygens (including phenoxy) is 1. The van der Waals surface area contributed by atoms with Gasteiger partial charge in [0.25, 0.3) is 6.43 Å². The van der Waals surface area contributed by atoms with Gasteiger partial charge in [0.15, 0.2) is 5.96 Å². The highest BCUT2D eigenvalue weighted by Crippen LogP contribution is 2.15. The number of alkyl halides is 2. The highest BCUT2D eigenvalue weighted by molar-refractivity contribution is 5.79. The van der Waals surface area contributed by atoms with E-state index in [0.717, 1.165) is 17.8 Å². The fourth-order valence-corrected chi connectivity index (χ4v) is 2.08. The van der Waals surface area contributed by atoms with Gasteiger partial charge in [-0.05, 0) is 36.8 Å². The van der Waals surface area contributed by atoms with Crippen molar-refractivity contribution < 1.29 is 13.5 Å². The number of hydrogen-bond acceptors (Lipinski definition) is 3. The first kappa shape index (κ1) is 18.6. The third kappa shape index (κ3) is 7.15. The molecule has 7 heteroatoms. The minimum Gasteiger partial charge on any atom is -0.488 e. The van der Waals surface area contributed by atoms with Crippen LogP contribution in [0.3, 0.4) is 0 Å². The van der Waals surface area contributed by atoms with Gasteiger partial charge in [0, 0.05) is 12.7 Å². The number of benzene rings is 1. The van der Waals surface area contributed by atoms with Crippen LogP contribution in [-0.4, -0.2) is 30.5 Å². The number of aromatic nitrogens is 1. The summed E-state index contributed by atoms with van der Waals surface area (Å²) < 4.78 is 29.5. The monoisotopic (exact) mass is 348 g/mol. The largest absolute Gasteiger partial charge is 0.488 e. The first-order valence-electron chi connectivity index (χ1n) is 8.09. The van der Waals surface area contributed by atoms with Gasteiger partial charge < -0.3 is 15.4 Å². The van der Waals surface area contributed by atoms with E-state index >= 15 is 0 Å². The Morgan fingerprint density at radius 3 is 2.80 bits per heavy atom. The maximum absolute atomic E-state index is 12.2. The molecule has 1 aromatic carbocycles. The molecule has 2 rings (SSSR count). The minimum atomic E-state index is -2.49. The van der Waals surface area contributed by atoms with Gasteiger partial charge in [0.2, 0.25) is 0 Å². The highest BCUT2D eigenvalue weighted by Gasteiger charge is 2.04. The second-order valence-electron chi connectivity index (χ2n) is 5.22. The summed E-state index contributed by atoms with van der Waals surface area (Å²) in [4.78, 5) is 8.75. The fraction of sp³-hybridized carbons (Fsp3) is 0.333. The zero-order valence-corrected chi connectivity index (χ0v) is 14.1. The third-order valence-corrected chi connectivity index (χ3v) is 3.20. The van der Waals surface area contributed by atoms with Gasteiger partial charge in [-0.2, -0.15) is 0 Å². The second kappa shape index (κ2) is 10.2. The maximum atomic E-state index is 12.2. The number of rotatable bonds is 8. The standard InChI is InChI=1S/C18H22F2N4O/c1-2-21-18(24-12-15-7-3-4-9-22-15)23-11-14-6-5-8-16(10-14)25-13-17(19)20/h3-10,17H,2,11-13H2,1H3,(H2,21,23,24). The van der Waals surface area contributed by atoms with Crippen LogP contribution in [-0.2, 0) is 13.1 Å². The van der Waals surface area contributed by atoms with Crippen LogP contribution in [0.4, 0.5) is 8.78 Å². The topological polar surface area (TPSA) is 58.5 Å². The quantitative estimate of drug-likeness (QED) is 0.569. The van der Waals surface area contributed by atoms with Gasteiger partial charge in [-0.1, -0.05) is 18.2 Å². The van der Waals surface area contributed by atoms with Gasteiger partial charge >= 0.3 is 0 Å². The average molecular weight is 348 g/mol. The maximum Gasteiger partial charge on any atom is 0.272 e. The second-order valence-corrected chi connectivity index (χ2v) is 5.22. The molecule has 0 aliphatic heterocycles. The SMILES string of the molecule is CCNC(=NCc1cccc(OCC(F)F)c1)NCc1ccccn1. The fourth-order valence-electron chi connectivity index (χ4n) is 2.08. The molecule has 5 nitrogen and oxygen atoms in total.